The average Bonchev–Trinajstić information content (AvgIpc) is 3.13. The SMILES string of the molecule is CCc1nc(-c2cccnc2)sc1N(CC)C(=O)c1cccc(SC(F)F)c1. The Morgan fingerprint density at radius 2 is 2.07 bits per heavy atom. The summed E-state index contributed by atoms with van der Waals surface area (Å²) in [6.45, 7) is 4.33. The number of aromatic nitrogens is 2. The van der Waals surface area contributed by atoms with Crippen LogP contribution in [0.5, 0.6) is 0 Å². The Morgan fingerprint density at radius 3 is 2.71 bits per heavy atom. The number of pyridine rings is 1. The lowest BCUT2D eigenvalue weighted by atomic mass is 10.2. The largest absolute Gasteiger partial charge is 0.298 e. The fourth-order valence-electron chi connectivity index (χ4n) is 2.74. The van der Waals surface area contributed by atoms with Gasteiger partial charge in [-0.05, 0) is 43.7 Å². The molecule has 0 atom stereocenters. The Morgan fingerprint density at radius 1 is 1.25 bits per heavy atom. The molecule has 2 aromatic heterocycles. The van der Waals surface area contributed by atoms with E-state index in [0.29, 0.717) is 35.2 Å². The fourth-order valence-corrected chi connectivity index (χ4v) is 4.50. The molecule has 0 saturated carbocycles. The van der Waals surface area contributed by atoms with E-state index in [2.05, 4.69) is 9.97 Å². The van der Waals surface area contributed by atoms with Crippen molar-refractivity contribution in [3.05, 3.63) is 60.0 Å². The van der Waals surface area contributed by atoms with Gasteiger partial charge < -0.3 is 0 Å². The van der Waals surface area contributed by atoms with Crippen LogP contribution in [-0.4, -0.2) is 28.2 Å². The first-order valence-electron chi connectivity index (χ1n) is 8.80. The van der Waals surface area contributed by atoms with Crippen LogP contribution < -0.4 is 4.90 Å². The number of nitrogens with zero attached hydrogens (tertiary/aromatic N) is 3. The van der Waals surface area contributed by atoms with E-state index in [1.165, 1.54) is 17.4 Å². The van der Waals surface area contributed by atoms with Crippen LogP contribution in [0.3, 0.4) is 0 Å². The summed E-state index contributed by atoms with van der Waals surface area (Å²) in [5.41, 5.74) is 2.11. The number of halogens is 2. The van der Waals surface area contributed by atoms with Gasteiger partial charge in [-0.2, -0.15) is 8.78 Å². The molecule has 0 unspecified atom stereocenters. The van der Waals surface area contributed by atoms with Crippen molar-refractivity contribution in [3.8, 4) is 10.6 Å². The molecule has 0 saturated heterocycles. The van der Waals surface area contributed by atoms with Crippen LogP contribution in [0, 0.1) is 0 Å². The maximum atomic E-state index is 13.1. The molecule has 8 heteroatoms. The van der Waals surface area contributed by atoms with Gasteiger partial charge in [0.25, 0.3) is 11.7 Å². The Labute approximate surface area is 170 Å². The molecule has 0 fully saturated rings. The van der Waals surface area contributed by atoms with Crippen molar-refractivity contribution >= 4 is 34.0 Å². The Balaban J connectivity index is 1.95. The highest BCUT2D eigenvalue weighted by molar-refractivity contribution is 7.99. The third-order valence-electron chi connectivity index (χ3n) is 4.03. The number of hydrogen-bond donors (Lipinski definition) is 0. The quantitative estimate of drug-likeness (QED) is 0.458. The number of anilines is 1. The molecular formula is C20H19F2N3OS2. The lowest BCUT2D eigenvalue weighted by molar-refractivity contribution is 0.0988. The smallest absolute Gasteiger partial charge is 0.288 e. The minimum Gasteiger partial charge on any atom is -0.298 e. The van der Waals surface area contributed by atoms with Gasteiger partial charge in [0.05, 0.1) is 5.69 Å². The highest BCUT2D eigenvalue weighted by atomic mass is 32.2. The first kappa shape index (κ1) is 20.4. The fraction of sp³-hybridized carbons (Fsp3) is 0.250. The van der Waals surface area contributed by atoms with Crippen molar-refractivity contribution in [2.75, 3.05) is 11.4 Å². The molecule has 146 valence electrons. The van der Waals surface area contributed by atoms with E-state index in [1.54, 1.807) is 35.5 Å². The highest BCUT2D eigenvalue weighted by Gasteiger charge is 2.23. The average molecular weight is 420 g/mol. The molecule has 1 amide bonds. The van der Waals surface area contributed by atoms with Gasteiger partial charge in [0.1, 0.15) is 10.0 Å². The predicted octanol–water partition coefficient (Wildman–Crippen LogP) is 5.75. The van der Waals surface area contributed by atoms with E-state index >= 15 is 0 Å². The molecule has 0 bridgehead atoms. The summed E-state index contributed by atoms with van der Waals surface area (Å²) in [6.07, 6.45) is 4.12. The Kier molecular flexibility index (Phi) is 6.74. The van der Waals surface area contributed by atoms with E-state index in [-0.39, 0.29) is 5.91 Å². The van der Waals surface area contributed by atoms with Gasteiger partial charge in [-0.25, -0.2) is 4.98 Å². The number of thioether (sulfide) groups is 1. The zero-order chi connectivity index (χ0) is 20.1. The highest BCUT2D eigenvalue weighted by Crippen LogP contribution is 2.36. The molecular weight excluding hydrogens is 400 g/mol. The summed E-state index contributed by atoms with van der Waals surface area (Å²) < 4.78 is 25.3. The number of hydrogen-bond acceptors (Lipinski definition) is 5. The van der Waals surface area contributed by atoms with Gasteiger partial charge in [-0.15, -0.1) is 0 Å². The monoisotopic (exact) mass is 419 g/mol. The third-order valence-corrected chi connectivity index (χ3v) is 5.91. The summed E-state index contributed by atoms with van der Waals surface area (Å²) in [7, 11) is 0. The molecule has 28 heavy (non-hydrogen) atoms. The summed E-state index contributed by atoms with van der Waals surface area (Å²) in [5, 5.41) is 1.58. The molecule has 0 aliphatic carbocycles. The van der Waals surface area contributed by atoms with Gasteiger partial charge in [-0.3, -0.25) is 14.7 Å². The normalized spacial score (nSPS) is 11.0. The van der Waals surface area contributed by atoms with Crippen LogP contribution in [0.4, 0.5) is 13.8 Å². The first-order chi connectivity index (χ1) is 13.5. The predicted molar refractivity (Wildman–Crippen MR) is 110 cm³/mol. The Bertz CT molecular complexity index is 948. The van der Waals surface area contributed by atoms with Crippen LogP contribution in [-0.2, 0) is 6.42 Å². The van der Waals surface area contributed by atoms with E-state index in [9.17, 15) is 13.6 Å². The number of rotatable bonds is 7. The first-order valence-corrected chi connectivity index (χ1v) is 10.5. The second kappa shape index (κ2) is 9.25. The standard InChI is InChI=1S/C20H19F2N3OS2/c1-3-16-19(28-17(24-16)14-8-6-10-23-12-14)25(4-2)18(26)13-7-5-9-15(11-13)27-20(21)22/h5-12,20H,3-4H2,1-2H3. The van der Waals surface area contributed by atoms with Crippen molar-refractivity contribution in [2.45, 2.75) is 30.9 Å². The molecule has 0 radical (unpaired) electrons. The number of carbonyl (C=O) groups is 1. The maximum absolute atomic E-state index is 13.1. The van der Waals surface area contributed by atoms with Gasteiger partial charge in [0.15, 0.2) is 0 Å². The number of benzene rings is 1. The second-order valence-corrected chi connectivity index (χ2v) is 7.86. The second-order valence-electron chi connectivity index (χ2n) is 5.82. The summed E-state index contributed by atoms with van der Waals surface area (Å²) in [4.78, 5) is 24.0. The van der Waals surface area contributed by atoms with Crippen LogP contribution in [0.15, 0.2) is 53.7 Å². The van der Waals surface area contributed by atoms with E-state index in [1.807, 2.05) is 26.0 Å². The molecule has 1 aromatic carbocycles. The van der Waals surface area contributed by atoms with Crippen molar-refractivity contribution < 1.29 is 13.6 Å². The minimum atomic E-state index is -2.53. The van der Waals surface area contributed by atoms with Crippen molar-refractivity contribution in [3.63, 3.8) is 0 Å². The Hall–Kier alpha value is -2.32. The topological polar surface area (TPSA) is 46.1 Å². The van der Waals surface area contributed by atoms with Gasteiger partial charge in [-0.1, -0.05) is 36.1 Å². The summed E-state index contributed by atoms with van der Waals surface area (Å²) in [5.74, 6) is -2.75. The molecule has 0 aliphatic heterocycles. The van der Waals surface area contributed by atoms with Crippen LogP contribution in [0.25, 0.3) is 10.6 Å². The lowest BCUT2D eigenvalue weighted by Gasteiger charge is -2.20. The van der Waals surface area contributed by atoms with Crippen LogP contribution >= 0.6 is 23.1 Å². The molecule has 0 spiro atoms. The van der Waals surface area contributed by atoms with E-state index < -0.39 is 5.76 Å². The molecule has 4 nitrogen and oxygen atoms in total. The number of thiazole rings is 1. The molecule has 3 rings (SSSR count). The zero-order valence-electron chi connectivity index (χ0n) is 15.4. The van der Waals surface area contributed by atoms with Gasteiger partial charge in [0.2, 0.25) is 0 Å². The molecule has 3 aromatic rings. The van der Waals surface area contributed by atoms with E-state index in [0.717, 1.165) is 21.3 Å². The van der Waals surface area contributed by atoms with Crippen molar-refractivity contribution in [1.29, 1.82) is 0 Å². The number of amides is 1. The zero-order valence-corrected chi connectivity index (χ0v) is 17.1. The number of aryl methyl sites for hydroxylation is 1. The van der Waals surface area contributed by atoms with Gasteiger partial charge in [0, 0.05) is 35.0 Å². The minimum absolute atomic E-state index is 0.227. The van der Waals surface area contributed by atoms with Crippen LogP contribution in [0.2, 0.25) is 0 Å². The van der Waals surface area contributed by atoms with E-state index in [4.69, 9.17) is 0 Å². The molecule has 0 N–H and O–H groups in total. The molecule has 0 aliphatic rings. The molecule has 2 heterocycles. The third kappa shape index (κ3) is 4.56. The number of alkyl halides is 2. The van der Waals surface area contributed by atoms with Gasteiger partial charge >= 0.3 is 0 Å². The lowest BCUT2D eigenvalue weighted by Crippen LogP contribution is -2.30. The summed E-state index contributed by atoms with van der Waals surface area (Å²) >= 11 is 1.87. The van der Waals surface area contributed by atoms with Crippen LogP contribution in [0.1, 0.15) is 29.9 Å². The van der Waals surface area contributed by atoms with Crippen molar-refractivity contribution in [2.24, 2.45) is 0 Å². The maximum Gasteiger partial charge on any atom is 0.288 e. The van der Waals surface area contributed by atoms with Crippen molar-refractivity contribution in [1.82, 2.24) is 9.97 Å². The number of carbonyl (C=O) groups excluding carboxylic acids is 1. The summed E-state index contributed by atoms with van der Waals surface area (Å²) in [6, 6.07) is 10.1.